The van der Waals surface area contributed by atoms with Crippen LogP contribution in [0.5, 0.6) is 0 Å². The van der Waals surface area contributed by atoms with Gasteiger partial charge in [-0.3, -0.25) is 4.79 Å². The van der Waals surface area contributed by atoms with Crippen molar-refractivity contribution in [3.05, 3.63) is 34.9 Å². The summed E-state index contributed by atoms with van der Waals surface area (Å²) in [7, 11) is 0. The van der Waals surface area contributed by atoms with Gasteiger partial charge in [0.05, 0.1) is 5.56 Å². The van der Waals surface area contributed by atoms with E-state index >= 15 is 0 Å². The first kappa shape index (κ1) is 13.0. The van der Waals surface area contributed by atoms with Crippen LogP contribution in [0.25, 0.3) is 0 Å². The molecule has 0 aliphatic carbocycles. The number of carbonyl (C=O) groups excluding carboxylic acids is 1. The molecule has 1 amide bonds. The minimum atomic E-state index is -4.52. The number of rotatable bonds is 1. The molecule has 4 nitrogen and oxygen atoms in total. The monoisotopic (exact) mass is 245 g/mol. The zero-order valence-electron chi connectivity index (χ0n) is 8.88. The van der Waals surface area contributed by atoms with Crippen molar-refractivity contribution in [2.24, 2.45) is 16.5 Å². The van der Waals surface area contributed by atoms with E-state index in [0.29, 0.717) is 0 Å². The van der Waals surface area contributed by atoms with Crippen LogP contribution in [-0.4, -0.2) is 11.9 Å². The van der Waals surface area contributed by atoms with Gasteiger partial charge in [-0.15, -0.1) is 0 Å². The average Bonchev–Trinajstić information content (AvgIpc) is 2.14. The highest BCUT2D eigenvalue weighted by molar-refractivity contribution is 6.02. The van der Waals surface area contributed by atoms with Crippen LogP contribution in [0.4, 0.5) is 13.2 Å². The maximum Gasteiger partial charge on any atom is 0.416 e. The first-order valence-corrected chi connectivity index (χ1v) is 4.54. The van der Waals surface area contributed by atoms with Gasteiger partial charge in [0.25, 0.3) is 5.91 Å². The predicted octanol–water partition coefficient (Wildman–Crippen LogP) is 1.43. The highest BCUT2D eigenvalue weighted by atomic mass is 19.4. The number of hydrogen-bond donors (Lipinski definition) is 2. The molecule has 1 aromatic rings. The van der Waals surface area contributed by atoms with Crippen molar-refractivity contribution < 1.29 is 18.0 Å². The molecule has 1 rings (SSSR count). The number of aliphatic imine (C=N–C) groups is 1. The fraction of sp³-hybridized carbons (Fsp3) is 0.200. The number of nitrogens with zero attached hydrogens (tertiary/aromatic N) is 1. The molecule has 0 heterocycles. The van der Waals surface area contributed by atoms with E-state index in [2.05, 4.69) is 4.99 Å². The highest BCUT2D eigenvalue weighted by Crippen LogP contribution is 2.32. The summed E-state index contributed by atoms with van der Waals surface area (Å²) < 4.78 is 37.7. The van der Waals surface area contributed by atoms with Crippen molar-refractivity contribution in [2.45, 2.75) is 13.1 Å². The van der Waals surface area contributed by atoms with Gasteiger partial charge in [0.15, 0.2) is 5.96 Å². The van der Waals surface area contributed by atoms with Crippen LogP contribution >= 0.6 is 0 Å². The maximum atomic E-state index is 12.6. The molecule has 0 spiro atoms. The predicted molar refractivity (Wildman–Crippen MR) is 56.3 cm³/mol. The SMILES string of the molecule is Cc1c(C(=O)N=C(N)N)cccc1C(F)(F)F. The van der Waals surface area contributed by atoms with Crippen molar-refractivity contribution in [1.82, 2.24) is 0 Å². The largest absolute Gasteiger partial charge is 0.416 e. The summed E-state index contributed by atoms with van der Waals surface area (Å²) in [6, 6.07) is 3.26. The van der Waals surface area contributed by atoms with Crippen LogP contribution in [0.2, 0.25) is 0 Å². The molecule has 7 heteroatoms. The number of carbonyl (C=O) groups is 1. The molecule has 0 unspecified atom stereocenters. The van der Waals surface area contributed by atoms with Crippen molar-refractivity contribution >= 4 is 11.9 Å². The van der Waals surface area contributed by atoms with Gasteiger partial charge in [-0.05, 0) is 24.6 Å². The van der Waals surface area contributed by atoms with Crippen molar-refractivity contribution in [3.63, 3.8) is 0 Å². The molecule has 4 N–H and O–H groups in total. The molecule has 0 bridgehead atoms. The standard InChI is InChI=1S/C10H10F3N3O/c1-5-6(8(17)16-9(14)15)3-2-4-7(5)10(11,12)13/h2-4H,1H3,(H4,14,15,16,17). The first-order chi connectivity index (χ1) is 7.73. The number of guanidine groups is 1. The molecule has 0 saturated heterocycles. The third-order valence-corrected chi connectivity index (χ3v) is 2.10. The van der Waals surface area contributed by atoms with Gasteiger partial charge in [-0.1, -0.05) is 6.07 Å². The fourth-order valence-electron chi connectivity index (χ4n) is 1.35. The molecule has 0 saturated carbocycles. The molecular formula is C10H10F3N3O. The number of alkyl halides is 3. The Bertz CT molecular complexity index is 476. The summed E-state index contributed by atoms with van der Waals surface area (Å²) in [5.41, 5.74) is 8.73. The van der Waals surface area contributed by atoms with Gasteiger partial charge >= 0.3 is 6.18 Å². The summed E-state index contributed by atoms with van der Waals surface area (Å²) in [5.74, 6) is -1.39. The summed E-state index contributed by atoms with van der Waals surface area (Å²) >= 11 is 0. The van der Waals surface area contributed by atoms with Gasteiger partial charge in [0.2, 0.25) is 0 Å². The van der Waals surface area contributed by atoms with E-state index in [4.69, 9.17) is 11.5 Å². The highest BCUT2D eigenvalue weighted by Gasteiger charge is 2.33. The second-order valence-corrected chi connectivity index (χ2v) is 3.32. The lowest BCUT2D eigenvalue weighted by Gasteiger charge is -2.11. The molecule has 1 aromatic carbocycles. The van der Waals surface area contributed by atoms with Crippen LogP contribution in [0, 0.1) is 6.92 Å². The Morgan fingerprint density at radius 1 is 1.29 bits per heavy atom. The molecule has 0 radical (unpaired) electrons. The third kappa shape index (κ3) is 2.96. The molecule has 0 aliphatic rings. The van der Waals surface area contributed by atoms with Gasteiger partial charge in [0, 0.05) is 5.56 Å². The van der Waals surface area contributed by atoms with Gasteiger partial charge in [-0.2, -0.15) is 18.2 Å². The fourth-order valence-corrected chi connectivity index (χ4v) is 1.35. The Balaban J connectivity index is 3.29. The molecule has 0 aliphatic heterocycles. The zero-order valence-corrected chi connectivity index (χ0v) is 8.88. The van der Waals surface area contributed by atoms with E-state index in [1.54, 1.807) is 0 Å². The molecule has 0 fully saturated rings. The van der Waals surface area contributed by atoms with Crippen LogP contribution in [0.3, 0.4) is 0 Å². The van der Waals surface area contributed by atoms with Gasteiger partial charge in [0.1, 0.15) is 0 Å². The molecule has 0 aromatic heterocycles. The summed E-state index contributed by atoms with van der Waals surface area (Å²) in [4.78, 5) is 14.6. The Kier molecular flexibility index (Phi) is 3.40. The van der Waals surface area contributed by atoms with E-state index < -0.39 is 23.6 Å². The molecule has 17 heavy (non-hydrogen) atoms. The number of nitrogens with two attached hydrogens (primary N) is 2. The summed E-state index contributed by atoms with van der Waals surface area (Å²) in [6.45, 7) is 1.19. The second-order valence-electron chi connectivity index (χ2n) is 3.32. The molecule has 92 valence electrons. The quantitative estimate of drug-likeness (QED) is 0.580. The first-order valence-electron chi connectivity index (χ1n) is 4.54. The van der Waals surface area contributed by atoms with E-state index in [-0.39, 0.29) is 11.1 Å². The van der Waals surface area contributed by atoms with E-state index in [1.807, 2.05) is 0 Å². The van der Waals surface area contributed by atoms with Crippen LogP contribution in [-0.2, 0) is 6.18 Å². The lowest BCUT2D eigenvalue weighted by molar-refractivity contribution is -0.138. The van der Waals surface area contributed by atoms with Crippen LogP contribution in [0.1, 0.15) is 21.5 Å². The normalized spacial score (nSPS) is 11.1. The Hall–Kier alpha value is -2.05. The van der Waals surface area contributed by atoms with E-state index in [1.165, 1.54) is 13.0 Å². The van der Waals surface area contributed by atoms with Gasteiger partial charge in [-0.25, -0.2) is 0 Å². The summed E-state index contributed by atoms with van der Waals surface area (Å²) in [5, 5.41) is 0. The number of hydrogen-bond acceptors (Lipinski definition) is 1. The van der Waals surface area contributed by atoms with E-state index in [0.717, 1.165) is 12.1 Å². The van der Waals surface area contributed by atoms with Crippen molar-refractivity contribution in [2.75, 3.05) is 0 Å². The van der Waals surface area contributed by atoms with Crippen molar-refractivity contribution in [3.8, 4) is 0 Å². The minimum Gasteiger partial charge on any atom is -0.370 e. The Morgan fingerprint density at radius 3 is 2.35 bits per heavy atom. The van der Waals surface area contributed by atoms with Crippen LogP contribution < -0.4 is 11.5 Å². The second kappa shape index (κ2) is 4.44. The number of halogens is 3. The maximum absolute atomic E-state index is 12.6. The molecular weight excluding hydrogens is 235 g/mol. The summed E-state index contributed by atoms with van der Waals surface area (Å²) in [6.07, 6.45) is -4.52. The smallest absolute Gasteiger partial charge is 0.370 e. The lowest BCUT2D eigenvalue weighted by Crippen LogP contribution is -2.24. The Labute approximate surface area is 95.1 Å². The number of amides is 1. The van der Waals surface area contributed by atoms with Crippen LogP contribution in [0.15, 0.2) is 23.2 Å². The topological polar surface area (TPSA) is 81.5 Å². The average molecular weight is 245 g/mol. The lowest BCUT2D eigenvalue weighted by atomic mass is 10.0. The van der Waals surface area contributed by atoms with Gasteiger partial charge < -0.3 is 11.5 Å². The van der Waals surface area contributed by atoms with E-state index in [9.17, 15) is 18.0 Å². The number of benzene rings is 1. The van der Waals surface area contributed by atoms with Crippen molar-refractivity contribution in [1.29, 1.82) is 0 Å². The molecule has 0 atom stereocenters. The zero-order chi connectivity index (χ0) is 13.2. The minimum absolute atomic E-state index is 0.173. The Morgan fingerprint density at radius 2 is 1.88 bits per heavy atom. The third-order valence-electron chi connectivity index (χ3n) is 2.10.